The molecular formula is C55H40N2. The molecule has 0 spiro atoms. The highest BCUT2D eigenvalue weighted by molar-refractivity contribution is 6.17. The van der Waals surface area contributed by atoms with Crippen LogP contribution in [0.4, 0.5) is 0 Å². The van der Waals surface area contributed by atoms with E-state index in [0.29, 0.717) is 0 Å². The molecule has 0 saturated carbocycles. The van der Waals surface area contributed by atoms with Crippen molar-refractivity contribution in [3.05, 3.63) is 179 Å². The lowest BCUT2D eigenvalue weighted by Crippen LogP contribution is -2.15. The van der Waals surface area contributed by atoms with E-state index in [1.807, 2.05) is 0 Å². The molecule has 4 aliphatic rings. The zero-order valence-corrected chi connectivity index (χ0v) is 32.2. The summed E-state index contributed by atoms with van der Waals surface area (Å²) in [4.78, 5) is 0. The minimum Gasteiger partial charge on any atom is -0.313 e. The highest BCUT2D eigenvalue weighted by Crippen LogP contribution is 2.51. The highest BCUT2D eigenvalue weighted by atomic mass is 15.0. The number of hydrogen-bond acceptors (Lipinski definition) is 0. The minimum atomic E-state index is -0.0375. The largest absolute Gasteiger partial charge is 0.313 e. The molecule has 2 aromatic heterocycles. The lowest BCUT2D eigenvalue weighted by atomic mass is 9.82. The number of hydrogen-bond donors (Lipinski definition) is 0. The van der Waals surface area contributed by atoms with E-state index in [-0.39, 0.29) is 5.41 Å². The van der Waals surface area contributed by atoms with Gasteiger partial charge in [-0.05, 0) is 129 Å². The molecule has 0 aliphatic heterocycles. The molecule has 57 heavy (non-hydrogen) atoms. The first-order chi connectivity index (χ1) is 28.0. The summed E-state index contributed by atoms with van der Waals surface area (Å²) in [5, 5.41) is 5.35. The molecular weight excluding hydrogens is 689 g/mol. The summed E-state index contributed by atoms with van der Waals surface area (Å²) in [7, 11) is 0. The third kappa shape index (κ3) is 4.15. The second-order valence-corrected chi connectivity index (χ2v) is 17.0. The zero-order chi connectivity index (χ0) is 37.6. The molecule has 0 unspecified atom stereocenters. The fourth-order valence-electron chi connectivity index (χ4n) is 11.2. The van der Waals surface area contributed by atoms with Crippen LogP contribution in [0, 0.1) is 0 Å². The SMILES string of the molecule is CC1(C)c2ccccc2-c2ccc(-n3c4c(c5cc(-c6ccc7c(c6)c6c(n7-c7ccc8c9c(cccc79)-c7ccccc7-8)CCC=C6)ccc53)C=CCC4)cc21. The van der Waals surface area contributed by atoms with Gasteiger partial charge in [0.1, 0.15) is 0 Å². The summed E-state index contributed by atoms with van der Waals surface area (Å²) < 4.78 is 5.13. The monoisotopic (exact) mass is 728 g/mol. The normalized spacial score (nSPS) is 15.3. The summed E-state index contributed by atoms with van der Waals surface area (Å²) in [6.45, 7) is 4.76. The van der Waals surface area contributed by atoms with Gasteiger partial charge in [0.05, 0.1) is 16.7 Å². The molecule has 2 nitrogen and oxygen atoms in total. The molecule has 270 valence electrons. The quantitative estimate of drug-likeness (QED) is 0.171. The van der Waals surface area contributed by atoms with Crippen molar-refractivity contribution in [3.8, 4) is 55.9 Å². The first-order valence-corrected chi connectivity index (χ1v) is 20.6. The fourth-order valence-corrected chi connectivity index (χ4v) is 11.2. The molecule has 0 saturated heterocycles. The lowest BCUT2D eigenvalue weighted by molar-refractivity contribution is 0.659. The van der Waals surface area contributed by atoms with Gasteiger partial charge < -0.3 is 9.13 Å². The van der Waals surface area contributed by atoms with Crippen LogP contribution < -0.4 is 0 Å². The van der Waals surface area contributed by atoms with E-state index in [0.717, 1.165) is 25.7 Å². The van der Waals surface area contributed by atoms with Crippen LogP contribution in [0.1, 0.15) is 60.3 Å². The molecule has 2 heterocycles. The van der Waals surface area contributed by atoms with Crippen LogP contribution in [0.3, 0.4) is 0 Å². The smallest absolute Gasteiger partial charge is 0.0538 e. The molecule has 0 N–H and O–H groups in total. The van der Waals surface area contributed by atoms with E-state index in [1.165, 1.54) is 122 Å². The summed E-state index contributed by atoms with van der Waals surface area (Å²) in [5.74, 6) is 0. The lowest BCUT2D eigenvalue weighted by Gasteiger charge is -2.22. The van der Waals surface area contributed by atoms with E-state index in [4.69, 9.17) is 0 Å². The van der Waals surface area contributed by atoms with Gasteiger partial charge in [-0.25, -0.2) is 0 Å². The summed E-state index contributed by atoms with van der Waals surface area (Å²) in [6, 6.07) is 50.9. The van der Waals surface area contributed by atoms with Gasteiger partial charge in [-0.15, -0.1) is 0 Å². The van der Waals surface area contributed by atoms with Gasteiger partial charge >= 0.3 is 0 Å². The molecule has 2 heteroatoms. The summed E-state index contributed by atoms with van der Waals surface area (Å²) in [5.41, 5.74) is 24.1. The number of nitrogens with zero attached hydrogens (tertiary/aromatic N) is 2. The number of aromatic nitrogens is 2. The Morgan fingerprint density at radius 2 is 1.04 bits per heavy atom. The van der Waals surface area contributed by atoms with Gasteiger partial charge in [-0.1, -0.05) is 129 Å². The second-order valence-electron chi connectivity index (χ2n) is 17.0. The molecule has 7 aromatic carbocycles. The van der Waals surface area contributed by atoms with E-state index in [9.17, 15) is 0 Å². The maximum Gasteiger partial charge on any atom is 0.0538 e. The second kappa shape index (κ2) is 11.2. The molecule has 0 amide bonds. The molecule has 0 fully saturated rings. The maximum atomic E-state index is 2.57. The molecule has 0 bridgehead atoms. The summed E-state index contributed by atoms with van der Waals surface area (Å²) in [6.07, 6.45) is 13.7. The van der Waals surface area contributed by atoms with Crippen LogP contribution in [0.5, 0.6) is 0 Å². The predicted molar refractivity (Wildman–Crippen MR) is 240 cm³/mol. The van der Waals surface area contributed by atoms with Gasteiger partial charge in [-0.3, -0.25) is 0 Å². The average molecular weight is 729 g/mol. The fraction of sp³-hybridized carbons (Fsp3) is 0.127. The van der Waals surface area contributed by atoms with Crippen molar-refractivity contribution in [2.24, 2.45) is 0 Å². The Bertz CT molecular complexity index is 3290. The van der Waals surface area contributed by atoms with E-state index < -0.39 is 0 Å². The third-order valence-electron chi connectivity index (χ3n) is 13.8. The van der Waals surface area contributed by atoms with Crippen LogP contribution in [-0.4, -0.2) is 9.13 Å². The van der Waals surface area contributed by atoms with Crippen molar-refractivity contribution < 1.29 is 0 Å². The Labute approximate surface area is 332 Å². The zero-order valence-electron chi connectivity index (χ0n) is 32.2. The standard InChI is InChI=1S/C55H40N2/c1-55(2)47-19-8-5-14-38(47)39-25-24-35(32-48(39)55)56-49-20-9-6-15-40(49)45-30-33(22-27-52(45)56)34-23-28-53-46(31-34)41-16-7-10-21-50(41)57(53)51-29-26-43-37-13-4-3-12-36(37)42-17-11-18-44(51)54(42)43/h3-8,11-19,22-32H,9-10,20-21H2,1-2H3. The van der Waals surface area contributed by atoms with Crippen molar-refractivity contribution in [2.45, 2.75) is 44.9 Å². The first-order valence-electron chi connectivity index (χ1n) is 20.6. The Balaban J connectivity index is 0.963. The average Bonchev–Trinajstić information content (AvgIpc) is 3.95. The van der Waals surface area contributed by atoms with Crippen molar-refractivity contribution in [3.63, 3.8) is 0 Å². The van der Waals surface area contributed by atoms with Crippen LogP contribution in [0.25, 0.3) is 101 Å². The number of rotatable bonds is 3. The van der Waals surface area contributed by atoms with E-state index in [2.05, 4.69) is 181 Å². The van der Waals surface area contributed by atoms with Crippen molar-refractivity contribution in [2.75, 3.05) is 0 Å². The number of allylic oxidation sites excluding steroid dienone is 2. The van der Waals surface area contributed by atoms with Gasteiger partial charge in [0.25, 0.3) is 0 Å². The Kier molecular flexibility index (Phi) is 6.22. The van der Waals surface area contributed by atoms with Crippen LogP contribution in [0.2, 0.25) is 0 Å². The van der Waals surface area contributed by atoms with Gasteiger partial charge in [0.2, 0.25) is 0 Å². The Hall–Kier alpha value is -6.64. The van der Waals surface area contributed by atoms with Gasteiger partial charge in [0.15, 0.2) is 0 Å². The maximum absolute atomic E-state index is 2.57. The Morgan fingerprint density at radius 1 is 0.456 bits per heavy atom. The van der Waals surface area contributed by atoms with Crippen LogP contribution >= 0.6 is 0 Å². The number of fused-ring (bicyclic) bond motifs is 12. The highest BCUT2D eigenvalue weighted by Gasteiger charge is 2.36. The predicted octanol–water partition coefficient (Wildman–Crippen LogP) is 14.3. The van der Waals surface area contributed by atoms with E-state index in [1.54, 1.807) is 0 Å². The number of benzene rings is 7. The topological polar surface area (TPSA) is 9.86 Å². The van der Waals surface area contributed by atoms with Crippen LogP contribution in [-0.2, 0) is 18.3 Å². The van der Waals surface area contributed by atoms with Crippen molar-refractivity contribution in [1.82, 2.24) is 9.13 Å². The summed E-state index contributed by atoms with van der Waals surface area (Å²) >= 11 is 0. The third-order valence-corrected chi connectivity index (χ3v) is 13.8. The van der Waals surface area contributed by atoms with Crippen molar-refractivity contribution >= 4 is 44.7 Å². The van der Waals surface area contributed by atoms with Gasteiger partial charge in [-0.2, -0.15) is 0 Å². The first kappa shape index (κ1) is 31.6. The molecule has 0 radical (unpaired) electrons. The van der Waals surface area contributed by atoms with Crippen LogP contribution in [0.15, 0.2) is 146 Å². The molecule has 4 aliphatic carbocycles. The molecule has 13 rings (SSSR count). The Morgan fingerprint density at radius 3 is 1.75 bits per heavy atom. The van der Waals surface area contributed by atoms with Gasteiger partial charge in [0, 0.05) is 49.8 Å². The van der Waals surface area contributed by atoms with Crippen molar-refractivity contribution in [1.29, 1.82) is 0 Å². The molecule has 9 aromatic rings. The van der Waals surface area contributed by atoms with E-state index >= 15 is 0 Å². The minimum absolute atomic E-state index is 0.0375. The molecule has 0 atom stereocenters.